The number of aromatic nitrogens is 2. The van der Waals surface area contributed by atoms with Crippen LogP contribution in [0.3, 0.4) is 0 Å². The minimum Gasteiger partial charge on any atom is -0.389 e. The highest BCUT2D eigenvalue weighted by Gasteiger charge is 2.21. The van der Waals surface area contributed by atoms with Gasteiger partial charge >= 0.3 is 0 Å². The van der Waals surface area contributed by atoms with Crippen LogP contribution in [-0.4, -0.2) is 75.3 Å². The van der Waals surface area contributed by atoms with E-state index < -0.39 is 12.2 Å². The average Bonchev–Trinajstić information content (AvgIpc) is 3.89. The fourth-order valence-corrected chi connectivity index (χ4v) is 7.74. The van der Waals surface area contributed by atoms with Gasteiger partial charge in [-0.25, -0.2) is 5.84 Å². The molecule has 5 N–H and O–H groups in total. The Bertz CT molecular complexity index is 1050. The Labute approximate surface area is 356 Å². The third-order valence-corrected chi connectivity index (χ3v) is 11.4. The molecule has 58 heavy (non-hydrogen) atoms. The Hall–Kier alpha value is -1.89. The van der Waals surface area contributed by atoms with Crippen molar-refractivity contribution >= 4 is 5.82 Å². The molecule has 11 nitrogen and oxygen atoms in total. The Morgan fingerprint density at radius 2 is 0.914 bits per heavy atom. The first-order valence-electron chi connectivity index (χ1n) is 24.6. The second kappa shape index (κ2) is 38.1. The standard InChI is InChI=1S/C47H93N7O4/c1-3-5-7-9-11-13-15-17-19-21-23-25-27-29-31-33-39-57-43-45(55)41-51-36-35-47(49-51)54(48)53-38-37-52(50-53)42-46(56)44-58-40-34-32-30-28-26-24-22-20-18-16-14-12-10-8-6-4-2/h35-38,45-46,50,55-56H,3-34,39-44,48H2,1-2H3. The lowest BCUT2D eigenvalue weighted by Gasteiger charge is -2.29. The fourth-order valence-electron chi connectivity index (χ4n) is 7.74. The number of aliphatic hydroxyl groups is 2. The molecule has 0 saturated heterocycles. The van der Waals surface area contributed by atoms with Gasteiger partial charge in [-0.15, -0.1) is 5.53 Å². The van der Waals surface area contributed by atoms with Crippen molar-refractivity contribution < 1.29 is 19.7 Å². The topological polar surface area (TPSA) is 125 Å². The fraction of sp³-hybridized carbons (Fsp3) is 0.894. The van der Waals surface area contributed by atoms with Gasteiger partial charge in [-0.05, 0) is 12.8 Å². The Morgan fingerprint density at radius 1 is 0.552 bits per heavy atom. The molecule has 1 aromatic heterocycles. The van der Waals surface area contributed by atoms with Gasteiger partial charge in [0, 0.05) is 31.7 Å². The van der Waals surface area contributed by atoms with Gasteiger partial charge in [-0.1, -0.05) is 206 Å². The molecule has 0 aromatic carbocycles. The molecule has 1 aromatic rings. The van der Waals surface area contributed by atoms with E-state index in [1.54, 1.807) is 33.3 Å². The van der Waals surface area contributed by atoms with Crippen LogP contribution in [0.5, 0.6) is 0 Å². The molecule has 2 heterocycles. The average molecular weight is 820 g/mol. The van der Waals surface area contributed by atoms with Crippen LogP contribution in [0.15, 0.2) is 24.7 Å². The highest BCUT2D eigenvalue weighted by atomic mass is 16.5. The van der Waals surface area contributed by atoms with Gasteiger partial charge in [0.05, 0.1) is 44.7 Å². The number of nitrogens with two attached hydrogens (primary N) is 1. The third-order valence-electron chi connectivity index (χ3n) is 11.4. The number of ether oxygens (including phenoxy) is 2. The summed E-state index contributed by atoms with van der Waals surface area (Å²) < 4.78 is 13.2. The molecule has 0 fully saturated rings. The van der Waals surface area contributed by atoms with Crippen molar-refractivity contribution in [3.05, 3.63) is 24.7 Å². The molecule has 2 rings (SSSR count). The Balaban J connectivity index is 1.38. The number of hydrogen-bond donors (Lipinski definition) is 4. The number of hydrogen-bond acceptors (Lipinski definition) is 10. The Kier molecular flexibility index (Phi) is 34.3. The lowest BCUT2D eigenvalue weighted by molar-refractivity contribution is 0.00426. The smallest absolute Gasteiger partial charge is 0.187 e. The van der Waals surface area contributed by atoms with Crippen LogP contribution in [-0.2, 0) is 16.0 Å². The Morgan fingerprint density at radius 3 is 1.31 bits per heavy atom. The summed E-state index contributed by atoms with van der Waals surface area (Å²) in [6, 6.07) is 1.80. The molecular weight excluding hydrogens is 727 g/mol. The first-order valence-corrected chi connectivity index (χ1v) is 24.6. The van der Waals surface area contributed by atoms with Crippen LogP contribution in [0.4, 0.5) is 5.82 Å². The second-order valence-corrected chi connectivity index (χ2v) is 17.2. The normalized spacial score (nSPS) is 13.9. The molecule has 1 aliphatic heterocycles. The third kappa shape index (κ3) is 29.4. The van der Waals surface area contributed by atoms with Gasteiger partial charge in [0.25, 0.3) is 0 Å². The molecule has 1 aliphatic rings. The van der Waals surface area contributed by atoms with Gasteiger partial charge in [0.1, 0.15) is 0 Å². The van der Waals surface area contributed by atoms with Gasteiger partial charge in [0.2, 0.25) is 0 Å². The van der Waals surface area contributed by atoms with E-state index in [0.29, 0.717) is 38.7 Å². The predicted octanol–water partition coefficient (Wildman–Crippen LogP) is 11.3. The number of rotatable bonds is 44. The quantitative estimate of drug-likeness (QED) is 0.0287. The maximum atomic E-state index is 10.5. The largest absolute Gasteiger partial charge is 0.389 e. The van der Waals surface area contributed by atoms with Gasteiger partial charge in [-0.2, -0.15) is 15.3 Å². The van der Waals surface area contributed by atoms with Crippen molar-refractivity contribution in [2.75, 3.05) is 38.1 Å². The van der Waals surface area contributed by atoms with E-state index in [0.717, 1.165) is 12.8 Å². The zero-order valence-corrected chi connectivity index (χ0v) is 37.9. The lowest BCUT2D eigenvalue weighted by atomic mass is 10.0. The summed E-state index contributed by atoms with van der Waals surface area (Å²) in [5, 5.41) is 30.3. The first kappa shape index (κ1) is 52.2. The summed E-state index contributed by atoms with van der Waals surface area (Å²) in [4.78, 5) is 0. The van der Waals surface area contributed by atoms with Gasteiger partial charge < -0.3 is 19.7 Å². The summed E-state index contributed by atoms with van der Waals surface area (Å²) >= 11 is 0. The number of β-amino-alcohol motifs (C(OH)–C–C–N with tert-alkyl or cyclic N) is 1. The van der Waals surface area contributed by atoms with Crippen LogP contribution in [0, 0.1) is 0 Å². The second-order valence-electron chi connectivity index (χ2n) is 17.2. The summed E-state index contributed by atoms with van der Waals surface area (Å²) in [5.74, 6) is 6.84. The van der Waals surface area contributed by atoms with Crippen molar-refractivity contribution in [2.45, 2.75) is 238 Å². The SMILES string of the molecule is CCCCCCCCCCCCCCCCCCOCC(O)CN1C=CN(N(N)c2ccn(CC(O)COCCCCCCCCCCCCCCCCCC)n2)N1. The summed E-state index contributed by atoms with van der Waals surface area (Å²) in [6.45, 7) is 7.21. The number of hydrazine groups is 4. The van der Waals surface area contributed by atoms with Crippen LogP contribution in [0.1, 0.15) is 219 Å². The number of anilines is 1. The van der Waals surface area contributed by atoms with Gasteiger partial charge in [0.15, 0.2) is 5.82 Å². The van der Waals surface area contributed by atoms with E-state index in [-0.39, 0.29) is 6.61 Å². The molecule has 0 saturated carbocycles. The molecule has 0 bridgehead atoms. The van der Waals surface area contributed by atoms with Crippen molar-refractivity contribution in [1.29, 1.82) is 0 Å². The van der Waals surface area contributed by atoms with E-state index >= 15 is 0 Å². The zero-order valence-electron chi connectivity index (χ0n) is 37.9. The number of aliphatic hydroxyl groups excluding tert-OH is 2. The van der Waals surface area contributed by atoms with E-state index in [4.69, 9.17) is 15.3 Å². The van der Waals surface area contributed by atoms with E-state index in [2.05, 4.69) is 24.5 Å². The number of nitrogens with zero attached hydrogens (tertiary/aromatic N) is 5. The highest BCUT2D eigenvalue weighted by Crippen LogP contribution is 2.16. The molecule has 0 aliphatic carbocycles. The van der Waals surface area contributed by atoms with Crippen LogP contribution < -0.4 is 16.5 Å². The predicted molar refractivity (Wildman–Crippen MR) is 242 cm³/mol. The first-order chi connectivity index (χ1) is 28.5. The monoisotopic (exact) mass is 820 g/mol. The van der Waals surface area contributed by atoms with Crippen LogP contribution >= 0.6 is 0 Å². The molecular formula is C47H93N7O4. The minimum absolute atomic E-state index is 0.289. The maximum Gasteiger partial charge on any atom is 0.187 e. The zero-order chi connectivity index (χ0) is 41.6. The summed E-state index contributed by atoms with van der Waals surface area (Å²) in [7, 11) is 0. The van der Waals surface area contributed by atoms with E-state index in [1.807, 2.05) is 6.20 Å². The summed E-state index contributed by atoms with van der Waals surface area (Å²) in [5.41, 5.74) is 3.13. The molecule has 2 atom stereocenters. The number of unbranched alkanes of at least 4 members (excludes halogenated alkanes) is 30. The lowest BCUT2D eigenvalue weighted by Crippen LogP contribution is -2.54. The van der Waals surface area contributed by atoms with E-state index in [1.165, 1.54) is 198 Å². The van der Waals surface area contributed by atoms with E-state index in [9.17, 15) is 10.2 Å². The molecule has 2 unspecified atom stereocenters. The number of nitrogens with one attached hydrogen (secondary N) is 1. The van der Waals surface area contributed by atoms with Crippen molar-refractivity contribution in [2.24, 2.45) is 5.84 Å². The van der Waals surface area contributed by atoms with Crippen molar-refractivity contribution in [3.63, 3.8) is 0 Å². The molecule has 11 heteroatoms. The van der Waals surface area contributed by atoms with Crippen LogP contribution in [0.25, 0.3) is 0 Å². The maximum absolute atomic E-state index is 10.5. The molecule has 0 radical (unpaired) electrons. The minimum atomic E-state index is -0.645. The van der Waals surface area contributed by atoms with Crippen molar-refractivity contribution in [3.8, 4) is 0 Å². The molecule has 340 valence electrons. The molecule has 0 spiro atoms. The van der Waals surface area contributed by atoms with Crippen molar-refractivity contribution in [1.82, 2.24) is 25.4 Å². The molecule has 0 amide bonds. The summed E-state index contributed by atoms with van der Waals surface area (Å²) in [6.07, 6.45) is 47.4. The van der Waals surface area contributed by atoms with Crippen LogP contribution in [0.2, 0.25) is 0 Å². The highest BCUT2D eigenvalue weighted by molar-refractivity contribution is 5.33. The van der Waals surface area contributed by atoms with Gasteiger partial charge in [-0.3, -0.25) is 9.69 Å².